The van der Waals surface area contributed by atoms with Crippen LogP contribution in [0.4, 0.5) is 17.1 Å². The van der Waals surface area contributed by atoms with Gasteiger partial charge in [0.05, 0.1) is 16.8 Å². The molecule has 2 heterocycles. The predicted molar refractivity (Wildman–Crippen MR) is 239 cm³/mol. The number of anilines is 3. The monoisotopic (exact) mass is 727 g/mol. The molecule has 57 heavy (non-hydrogen) atoms. The maximum Gasteiger partial charge on any atom is 0.143 e. The lowest BCUT2D eigenvalue weighted by atomic mass is 9.96. The van der Waals surface area contributed by atoms with Crippen LogP contribution in [-0.2, 0) is 0 Å². The summed E-state index contributed by atoms with van der Waals surface area (Å²) in [5, 5.41) is 11.4. The van der Waals surface area contributed by atoms with Gasteiger partial charge in [-0.2, -0.15) is 0 Å². The standard InChI is InChI=1S/C54H33NO2/c1-4-18-40-34(12-1)15-10-22-41(40)37-16-9-17-39(32-37)55(49-24-11-25-51-52(49)46-30-27-36-14-3-6-21-44(36)54(46)57-51)48-23-8-7-19-42(48)38-28-31-50-47(33-38)45-29-26-35-13-2-5-20-43(35)53(45)56-50/h1-33H. The molecule has 2 aromatic heterocycles. The summed E-state index contributed by atoms with van der Waals surface area (Å²) in [5.41, 5.74) is 11.3. The van der Waals surface area contributed by atoms with Crippen molar-refractivity contribution in [3.8, 4) is 22.3 Å². The second-order valence-electron chi connectivity index (χ2n) is 14.8. The summed E-state index contributed by atoms with van der Waals surface area (Å²) in [6.45, 7) is 0. The molecule has 0 fully saturated rings. The first-order valence-corrected chi connectivity index (χ1v) is 19.4. The van der Waals surface area contributed by atoms with Crippen LogP contribution < -0.4 is 4.90 Å². The van der Waals surface area contributed by atoms with Crippen molar-refractivity contribution in [2.75, 3.05) is 4.90 Å². The lowest BCUT2D eigenvalue weighted by molar-refractivity contribution is 0.672. The van der Waals surface area contributed by atoms with Crippen molar-refractivity contribution < 1.29 is 8.83 Å². The minimum atomic E-state index is 0.852. The van der Waals surface area contributed by atoms with Crippen LogP contribution in [0.15, 0.2) is 209 Å². The number of nitrogens with zero attached hydrogens (tertiary/aromatic N) is 1. The molecular formula is C54H33NO2. The summed E-state index contributed by atoms with van der Waals surface area (Å²) in [7, 11) is 0. The number of fused-ring (bicyclic) bond motifs is 11. The van der Waals surface area contributed by atoms with Gasteiger partial charge in [-0.05, 0) is 92.8 Å². The van der Waals surface area contributed by atoms with Crippen molar-refractivity contribution in [1.29, 1.82) is 0 Å². The topological polar surface area (TPSA) is 29.5 Å². The first-order valence-electron chi connectivity index (χ1n) is 19.4. The number of para-hydroxylation sites is 1. The molecule has 0 aliphatic rings. The Balaban J connectivity index is 1.12. The van der Waals surface area contributed by atoms with Gasteiger partial charge in [0.25, 0.3) is 0 Å². The molecule has 0 aliphatic carbocycles. The number of rotatable bonds is 5. The van der Waals surface area contributed by atoms with Crippen LogP contribution in [0.5, 0.6) is 0 Å². The molecule has 12 aromatic rings. The van der Waals surface area contributed by atoms with E-state index >= 15 is 0 Å². The van der Waals surface area contributed by atoms with Crippen LogP contribution in [0, 0.1) is 0 Å². The van der Waals surface area contributed by atoms with Crippen molar-refractivity contribution in [3.05, 3.63) is 200 Å². The zero-order chi connectivity index (χ0) is 37.5. The van der Waals surface area contributed by atoms with E-state index in [0.717, 1.165) is 93.8 Å². The number of furan rings is 2. The third-order valence-electron chi connectivity index (χ3n) is 11.6. The molecule has 0 saturated heterocycles. The summed E-state index contributed by atoms with van der Waals surface area (Å²) in [6, 6.07) is 71.6. The highest BCUT2D eigenvalue weighted by atomic mass is 16.3. The first-order chi connectivity index (χ1) is 28.3. The highest BCUT2D eigenvalue weighted by molar-refractivity contribution is 6.20. The van der Waals surface area contributed by atoms with Crippen molar-refractivity contribution in [1.82, 2.24) is 0 Å². The molecular weight excluding hydrogens is 695 g/mol. The number of hydrogen-bond donors (Lipinski definition) is 0. The molecule has 0 unspecified atom stereocenters. The van der Waals surface area contributed by atoms with E-state index in [2.05, 4.69) is 205 Å². The Morgan fingerprint density at radius 3 is 1.72 bits per heavy atom. The van der Waals surface area contributed by atoms with E-state index in [1.807, 2.05) is 0 Å². The van der Waals surface area contributed by atoms with Gasteiger partial charge in [-0.3, -0.25) is 0 Å². The van der Waals surface area contributed by atoms with Gasteiger partial charge >= 0.3 is 0 Å². The molecule has 3 nitrogen and oxygen atoms in total. The first kappa shape index (κ1) is 31.7. The van der Waals surface area contributed by atoms with E-state index in [0.29, 0.717) is 0 Å². The molecule has 0 saturated carbocycles. The fourth-order valence-electron chi connectivity index (χ4n) is 9.00. The molecule has 0 aliphatic heterocycles. The maximum absolute atomic E-state index is 6.76. The molecule has 266 valence electrons. The van der Waals surface area contributed by atoms with Gasteiger partial charge in [-0.25, -0.2) is 0 Å². The average molecular weight is 728 g/mol. The van der Waals surface area contributed by atoms with Crippen LogP contribution in [0.1, 0.15) is 0 Å². The third-order valence-corrected chi connectivity index (χ3v) is 11.6. The van der Waals surface area contributed by atoms with Gasteiger partial charge in [-0.1, -0.05) is 146 Å². The quantitative estimate of drug-likeness (QED) is 0.177. The third kappa shape index (κ3) is 4.92. The normalized spacial score (nSPS) is 11.9. The van der Waals surface area contributed by atoms with Gasteiger partial charge < -0.3 is 13.7 Å². The summed E-state index contributed by atoms with van der Waals surface area (Å²) >= 11 is 0. The Labute approximate surface area is 328 Å². The second kappa shape index (κ2) is 12.5. The highest BCUT2D eigenvalue weighted by Crippen LogP contribution is 2.48. The molecule has 0 radical (unpaired) electrons. The van der Waals surface area contributed by atoms with E-state index < -0.39 is 0 Å². The van der Waals surface area contributed by atoms with E-state index in [9.17, 15) is 0 Å². The van der Waals surface area contributed by atoms with Crippen LogP contribution in [0.25, 0.3) is 98.4 Å². The number of benzene rings is 10. The van der Waals surface area contributed by atoms with E-state index in [1.165, 1.54) is 21.7 Å². The van der Waals surface area contributed by atoms with E-state index in [1.54, 1.807) is 0 Å². The van der Waals surface area contributed by atoms with Crippen LogP contribution in [0.3, 0.4) is 0 Å². The van der Waals surface area contributed by atoms with Gasteiger partial charge in [0.2, 0.25) is 0 Å². The summed E-state index contributed by atoms with van der Waals surface area (Å²) in [5.74, 6) is 0. The van der Waals surface area contributed by atoms with Crippen molar-refractivity contribution >= 4 is 93.3 Å². The molecule has 0 spiro atoms. The minimum Gasteiger partial charge on any atom is -0.455 e. The summed E-state index contributed by atoms with van der Waals surface area (Å²) < 4.78 is 13.3. The van der Waals surface area contributed by atoms with E-state index in [-0.39, 0.29) is 0 Å². The Morgan fingerprint density at radius 1 is 0.316 bits per heavy atom. The lowest BCUT2D eigenvalue weighted by Crippen LogP contribution is -2.11. The Bertz CT molecular complexity index is 3550. The minimum absolute atomic E-state index is 0.852. The Hall–Kier alpha value is -7.62. The number of hydrogen-bond acceptors (Lipinski definition) is 3. The highest BCUT2D eigenvalue weighted by Gasteiger charge is 2.23. The molecule has 0 bridgehead atoms. The van der Waals surface area contributed by atoms with Gasteiger partial charge in [-0.15, -0.1) is 0 Å². The van der Waals surface area contributed by atoms with Gasteiger partial charge in [0, 0.05) is 38.2 Å². The zero-order valence-electron chi connectivity index (χ0n) is 30.8. The lowest BCUT2D eigenvalue weighted by Gasteiger charge is -2.29. The second-order valence-corrected chi connectivity index (χ2v) is 14.8. The molecule has 0 N–H and O–H groups in total. The van der Waals surface area contributed by atoms with Crippen molar-refractivity contribution in [2.24, 2.45) is 0 Å². The fraction of sp³-hybridized carbons (Fsp3) is 0. The molecule has 0 amide bonds. The predicted octanol–water partition coefficient (Wildman–Crippen LogP) is 15.7. The van der Waals surface area contributed by atoms with Crippen LogP contribution in [-0.4, -0.2) is 0 Å². The largest absolute Gasteiger partial charge is 0.455 e. The maximum atomic E-state index is 6.76. The van der Waals surface area contributed by atoms with Crippen LogP contribution in [0.2, 0.25) is 0 Å². The molecule has 12 rings (SSSR count). The van der Waals surface area contributed by atoms with Crippen molar-refractivity contribution in [2.45, 2.75) is 0 Å². The Morgan fingerprint density at radius 2 is 0.895 bits per heavy atom. The van der Waals surface area contributed by atoms with E-state index in [4.69, 9.17) is 8.83 Å². The smallest absolute Gasteiger partial charge is 0.143 e. The van der Waals surface area contributed by atoms with Crippen LogP contribution >= 0.6 is 0 Å². The SMILES string of the molecule is c1cc(-c2cccc3ccccc23)cc(N(c2ccccc2-c2ccc3oc4c5ccccc5ccc4c3c2)c2cccc3oc4c5ccccc5ccc4c23)c1. The van der Waals surface area contributed by atoms with Gasteiger partial charge in [0.1, 0.15) is 22.3 Å². The van der Waals surface area contributed by atoms with Crippen molar-refractivity contribution in [3.63, 3.8) is 0 Å². The Kier molecular flexibility index (Phi) is 6.93. The van der Waals surface area contributed by atoms with Gasteiger partial charge in [0.15, 0.2) is 0 Å². The molecule has 3 heteroatoms. The molecule has 10 aromatic carbocycles. The molecule has 0 atom stereocenters. The summed E-state index contributed by atoms with van der Waals surface area (Å²) in [4.78, 5) is 2.42. The zero-order valence-corrected chi connectivity index (χ0v) is 30.8. The summed E-state index contributed by atoms with van der Waals surface area (Å²) in [6.07, 6.45) is 0. The average Bonchev–Trinajstić information content (AvgIpc) is 3.86. The fourth-order valence-corrected chi connectivity index (χ4v) is 9.00.